The predicted molar refractivity (Wildman–Crippen MR) is 87.3 cm³/mol. The van der Waals surface area contributed by atoms with Crippen LogP contribution in [0.15, 0.2) is 24.3 Å². The van der Waals surface area contributed by atoms with Crippen LogP contribution in [0.4, 0.5) is 0 Å². The second-order valence-corrected chi connectivity index (χ2v) is 6.16. The summed E-state index contributed by atoms with van der Waals surface area (Å²) in [5.41, 5.74) is 2.50. The van der Waals surface area contributed by atoms with E-state index in [1.807, 2.05) is 0 Å². The van der Waals surface area contributed by atoms with Gasteiger partial charge in [0.2, 0.25) is 5.91 Å². The number of piperidine rings is 1. The second kappa shape index (κ2) is 8.18. The van der Waals surface area contributed by atoms with E-state index in [1.54, 1.807) is 0 Å². The first-order valence-corrected chi connectivity index (χ1v) is 8.24. The standard InChI is InChI=1S/C18H28N2O/c1-3-16-8-5-11-19-17(16)13-20-18(21)10-9-15-7-4-6-14(2)12-15/h4,6-7,12,16-17,19H,3,5,8-11,13H2,1-2H3,(H,20,21). The lowest BCUT2D eigenvalue weighted by atomic mass is 9.88. The van der Waals surface area contributed by atoms with E-state index in [2.05, 4.69) is 48.7 Å². The second-order valence-electron chi connectivity index (χ2n) is 6.16. The van der Waals surface area contributed by atoms with Gasteiger partial charge in [-0.25, -0.2) is 0 Å². The van der Waals surface area contributed by atoms with Crippen LogP contribution in [0.1, 0.15) is 43.7 Å². The fraction of sp³-hybridized carbons (Fsp3) is 0.611. The highest BCUT2D eigenvalue weighted by Crippen LogP contribution is 2.19. The van der Waals surface area contributed by atoms with Crippen LogP contribution in [-0.4, -0.2) is 25.0 Å². The summed E-state index contributed by atoms with van der Waals surface area (Å²) < 4.78 is 0. The Hall–Kier alpha value is -1.35. The van der Waals surface area contributed by atoms with Gasteiger partial charge in [-0.1, -0.05) is 43.2 Å². The van der Waals surface area contributed by atoms with Gasteiger partial charge in [0.05, 0.1) is 0 Å². The van der Waals surface area contributed by atoms with E-state index < -0.39 is 0 Å². The number of nitrogens with one attached hydrogen (secondary N) is 2. The van der Waals surface area contributed by atoms with E-state index in [0.29, 0.717) is 18.4 Å². The summed E-state index contributed by atoms with van der Waals surface area (Å²) >= 11 is 0. The van der Waals surface area contributed by atoms with Crippen molar-refractivity contribution in [2.24, 2.45) is 5.92 Å². The van der Waals surface area contributed by atoms with E-state index in [0.717, 1.165) is 19.5 Å². The molecule has 1 aromatic rings. The fourth-order valence-electron chi connectivity index (χ4n) is 3.18. The molecule has 2 unspecified atom stereocenters. The molecule has 3 nitrogen and oxygen atoms in total. The summed E-state index contributed by atoms with van der Waals surface area (Å²) in [5, 5.41) is 6.64. The van der Waals surface area contributed by atoms with Crippen molar-refractivity contribution >= 4 is 5.91 Å². The van der Waals surface area contributed by atoms with E-state index >= 15 is 0 Å². The Morgan fingerprint density at radius 1 is 1.43 bits per heavy atom. The summed E-state index contributed by atoms with van der Waals surface area (Å²) in [7, 11) is 0. The summed E-state index contributed by atoms with van der Waals surface area (Å²) in [6.07, 6.45) is 5.14. The van der Waals surface area contributed by atoms with E-state index in [9.17, 15) is 4.79 Å². The lowest BCUT2D eigenvalue weighted by Gasteiger charge is -2.32. The molecule has 1 saturated heterocycles. The first kappa shape index (κ1) is 16.0. The van der Waals surface area contributed by atoms with E-state index in [4.69, 9.17) is 0 Å². The van der Waals surface area contributed by atoms with Crippen molar-refractivity contribution in [3.05, 3.63) is 35.4 Å². The zero-order valence-corrected chi connectivity index (χ0v) is 13.3. The molecule has 1 aliphatic rings. The van der Waals surface area contributed by atoms with Gasteiger partial charge in [0.25, 0.3) is 0 Å². The number of hydrogen-bond donors (Lipinski definition) is 2. The van der Waals surface area contributed by atoms with Gasteiger partial charge in [-0.3, -0.25) is 4.79 Å². The topological polar surface area (TPSA) is 41.1 Å². The third kappa shape index (κ3) is 5.16. The minimum Gasteiger partial charge on any atom is -0.355 e. The third-order valence-electron chi connectivity index (χ3n) is 4.49. The van der Waals surface area contributed by atoms with Crippen LogP contribution in [0.25, 0.3) is 0 Å². The van der Waals surface area contributed by atoms with Gasteiger partial charge in [0, 0.05) is 19.0 Å². The Morgan fingerprint density at radius 3 is 3.05 bits per heavy atom. The van der Waals surface area contributed by atoms with Crippen molar-refractivity contribution in [1.29, 1.82) is 0 Å². The van der Waals surface area contributed by atoms with Crippen LogP contribution in [0.3, 0.4) is 0 Å². The highest BCUT2D eigenvalue weighted by molar-refractivity contribution is 5.76. The van der Waals surface area contributed by atoms with Crippen LogP contribution in [-0.2, 0) is 11.2 Å². The van der Waals surface area contributed by atoms with Gasteiger partial charge in [0.1, 0.15) is 0 Å². The molecule has 1 aromatic carbocycles. The third-order valence-corrected chi connectivity index (χ3v) is 4.49. The normalized spacial score (nSPS) is 22.0. The number of rotatable bonds is 6. The van der Waals surface area contributed by atoms with Crippen LogP contribution in [0.2, 0.25) is 0 Å². The predicted octanol–water partition coefficient (Wildman–Crippen LogP) is 2.82. The molecule has 2 atom stereocenters. The Bertz CT molecular complexity index is 458. The molecule has 2 N–H and O–H groups in total. The molecule has 1 heterocycles. The first-order chi connectivity index (χ1) is 10.2. The zero-order valence-electron chi connectivity index (χ0n) is 13.3. The SMILES string of the molecule is CCC1CCCNC1CNC(=O)CCc1cccc(C)c1. The average molecular weight is 288 g/mol. The summed E-state index contributed by atoms with van der Waals surface area (Å²) in [6.45, 7) is 6.18. The number of carbonyl (C=O) groups excluding carboxylic acids is 1. The van der Waals surface area contributed by atoms with Crippen LogP contribution in [0.5, 0.6) is 0 Å². The van der Waals surface area contributed by atoms with E-state index in [-0.39, 0.29) is 5.91 Å². The van der Waals surface area contributed by atoms with Gasteiger partial charge in [-0.15, -0.1) is 0 Å². The molecule has 0 spiro atoms. The Labute approximate surface area is 128 Å². The van der Waals surface area contributed by atoms with Gasteiger partial charge in [0.15, 0.2) is 0 Å². The van der Waals surface area contributed by atoms with Crippen molar-refractivity contribution in [3.8, 4) is 0 Å². The molecule has 2 rings (SSSR count). The number of carbonyl (C=O) groups is 1. The maximum absolute atomic E-state index is 12.0. The van der Waals surface area contributed by atoms with Gasteiger partial charge >= 0.3 is 0 Å². The molecule has 1 aliphatic heterocycles. The monoisotopic (exact) mass is 288 g/mol. The van der Waals surface area contributed by atoms with E-state index in [1.165, 1.54) is 30.4 Å². The fourth-order valence-corrected chi connectivity index (χ4v) is 3.18. The highest BCUT2D eigenvalue weighted by atomic mass is 16.1. The minimum atomic E-state index is 0.165. The average Bonchev–Trinajstić information content (AvgIpc) is 2.51. The Balaban J connectivity index is 1.72. The van der Waals surface area contributed by atoms with Crippen LogP contribution >= 0.6 is 0 Å². The molecular formula is C18H28N2O. The molecule has 116 valence electrons. The molecule has 0 saturated carbocycles. The minimum absolute atomic E-state index is 0.165. The molecule has 0 aliphatic carbocycles. The van der Waals surface area contributed by atoms with Crippen molar-refractivity contribution in [2.75, 3.05) is 13.1 Å². The van der Waals surface area contributed by atoms with Crippen molar-refractivity contribution < 1.29 is 4.79 Å². The Morgan fingerprint density at radius 2 is 2.29 bits per heavy atom. The van der Waals surface area contributed by atoms with Crippen molar-refractivity contribution in [1.82, 2.24) is 10.6 Å². The maximum atomic E-state index is 12.0. The number of amides is 1. The van der Waals surface area contributed by atoms with Crippen molar-refractivity contribution in [2.45, 2.75) is 52.0 Å². The Kier molecular flexibility index (Phi) is 6.24. The zero-order chi connectivity index (χ0) is 15.1. The summed E-state index contributed by atoms with van der Waals surface area (Å²) in [6, 6.07) is 8.84. The number of benzene rings is 1. The molecule has 1 fully saturated rings. The molecule has 0 bridgehead atoms. The first-order valence-electron chi connectivity index (χ1n) is 8.24. The van der Waals surface area contributed by atoms with Crippen molar-refractivity contribution in [3.63, 3.8) is 0 Å². The molecule has 21 heavy (non-hydrogen) atoms. The summed E-state index contributed by atoms with van der Waals surface area (Å²) in [4.78, 5) is 12.0. The highest BCUT2D eigenvalue weighted by Gasteiger charge is 2.23. The summed E-state index contributed by atoms with van der Waals surface area (Å²) in [5.74, 6) is 0.870. The van der Waals surface area contributed by atoms with Gasteiger partial charge in [-0.2, -0.15) is 0 Å². The number of hydrogen-bond acceptors (Lipinski definition) is 2. The largest absolute Gasteiger partial charge is 0.355 e. The molecule has 3 heteroatoms. The smallest absolute Gasteiger partial charge is 0.220 e. The number of aryl methyl sites for hydroxylation is 2. The lowest BCUT2D eigenvalue weighted by molar-refractivity contribution is -0.121. The quantitative estimate of drug-likeness (QED) is 0.845. The molecule has 0 radical (unpaired) electrons. The van der Waals surface area contributed by atoms with Crippen LogP contribution in [0, 0.1) is 12.8 Å². The van der Waals surface area contributed by atoms with Crippen LogP contribution < -0.4 is 10.6 Å². The molecular weight excluding hydrogens is 260 g/mol. The van der Waals surface area contributed by atoms with Gasteiger partial charge < -0.3 is 10.6 Å². The molecule has 1 amide bonds. The maximum Gasteiger partial charge on any atom is 0.220 e. The lowest BCUT2D eigenvalue weighted by Crippen LogP contribution is -2.48. The van der Waals surface area contributed by atoms with Gasteiger partial charge in [-0.05, 0) is 44.2 Å². The molecule has 0 aromatic heterocycles.